The largest absolute Gasteiger partial charge is 0.393 e. The summed E-state index contributed by atoms with van der Waals surface area (Å²) in [4.78, 5) is 6.93. The average molecular weight is 466 g/mol. The van der Waals surface area contributed by atoms with Gasteiger partial charge in [0.05, 0.1) is 6.10 Å². The van der Waals surface area contributed by atoms with Crippen LogP contribution in [0.5, 0.6) is 0 Å². The standard InChI is InChI=1S/C16H30N6O2.HI/c1-3-15-20-19-13-22(15)11-8-18-16(17-7-4-12-24-2)21-9-5-14(23)6-10-21;/h13-14,23H,3-12H2,1-2H3,(H,17,18);1H. The van der Waals surface area contributed by atoms with Crippen molar-refractivity contribution in [2.24, 2.45) is 4.99 Å². The Balaban J connectivity index is 0.00000312. The molecule has 1 aliphatic rings. The summed E-state index contributed by atoms with van der Waals surface area (Å²) in [6.45, 7) is 6.79. The first-order valence-electron chi connectivity index (χ1n) is 8.81. The third kappa shape index (κ3) is 7.45. The fraction of sp³-hybridized carbons (Fsp3) is 0.812. The van der Waals surface area contributed by atoms with Crippen molar-refractivity contribution < 1.29 is 9.84 Å². The van der Waals surface area contributed by atoms with Crippen LogP contribution in [0.3, 0.4) is 0 Å². The van der Waals surface area contributed by atoms with Crippen molar-refractivity contribution in [3.8, 4) is 0 Å². The van der Waals surface area contributed by atoms with Crippen molar-refractivity contribution in [2.75, 3.05) is 39.9 Å². The maximum Gasteiger partial charge on any atom is 0.193 e. The summed E-state index contributed by atoms with van der Waals surface area (Å²) >= 11 is 0. The van der Waals surface area contributed by atoms with Crippen LogP contribution >= 0.6 is 24.0 Å². The summed E-state index contributed by atoms with van der Waals surface area (Å²) in [5, 5.41) is 21.2. The van der Waals surface area contributed by atoms with Crippen LogP contribution in [0, 0.1) is 0 Å². The molecule has 1 aliphatic heterocycles. The van der Waals surface area contributed by atoms with Gasteiger partial charge in [-0.05, 0) is 19.3 Å². The number of aliphatic imine (C=N–C) groups is 1. The molecule has 1 aromatic rings. The molecule has 0 amide bonds. The second-order valence-electron chi connectivity index (χ2n) is 5.99. The number of aryl methyl sites for hydroxylation is 1. The second-order valence-corrected chi connectivity index (χ2v) is 5.99. The lowest BCUT2D eigenvalue weighted by Crippen LogP contribution is -2.47. The zero-order valence-electron chi connectivity index (χ0n) is 15.2. The Hall–Kier alpha value is -0.940. The molecule has 8 nitrogen and oxygen atoms in total. The van der Waals surface area contributed by atoms with Crippen LogP contribution in [0.4, 0.5) is 0 Å². The number of nitrogens with zero attached hydrogens (tertiary/aromatic N) is 5. The topological polar surface area (TPSA) is 87.8 Å². The van der Waals surface area contributed by atoms with Gasteiger partial charge in [0.15, 0.2) is 5.96 Å². The maximum absolute atomic E-state index is 9.69. The molecule has 1 fully saturated rings. The van der Waals surface area contributed by atoms with E-state index in [1.807, 2.05) is 0 Å². The zero-order chi connectivity index (χ0) is 17.2. The normalized spacial score (nSPS) is 16.0. The molecule has 0 bridgehead atoms. The highest BCUT2D eigenvalue weighted by Crippen LogP contribution is 2.10. The first-order chi connectivity index (χ1) is 11.7. The summed E-state index contributed by atoms with van der Waals surface area (Å²) in [5.41, 5.74) is 0. The monoisotopic (exact) mass is 466 g/mol. The summed E-state index contributed by atoms with van der Waals surface area (Å²) in [7, 11) is 1.71. The third-order valence-electron chi connectivity index (χ3n) is 4.18. The fourth-order valence-electron chi connectivity index (χ4n) is 2.77. The van der Waals surface area contributed by atoms with Gasteiger partial charge < -0.3 is 24.6 Å². The van der Waals surface area contributed by atoms with Gasteiger partial charge in [-0.2, -0.15) is 0 Å². The molecule has 1 saturated heterocycles. The minimum Gasteiger partial charge on any atom is -0.393 e. The quantitative estimate of drug-likeness (QED) is 0.256. The van der Waals surface area contributed by atoms with Crippen LogP contribution in [0.25, 0.3) is 0 Å². The SMILES string of the molecule is CCc1nncn1CCNC(=NCCCOC)N1CCC(O)CC1.I. The van der Waals surface area contributed by atoms with Gasteiger partial charge in [0.2, 0.25) is 0 Å². The smallest absolute Gasteiger partial charge is 0.193 e. The Kier molecular flexibility index (Phi) is 11.0. The van der Waals surface area contributed by atoms with Crippen LogP contribution in [0.1, 0.15) is 32.0 Å². The molecule has 0 atom stereocenters. The minimum absolute atomic E-state index is 0. The number of nitrogens with one attached hydrogen (secondary N) is 1. The Bertz CT molecular complexity index is 503. The molecule has 0 aliphatic carbocycles. The van der Waals surface area contributed by atoms with Crippen molar-refractivity contribution in [1.29, 1.82) is 0 Å². The van der Waals surface area contributed by atoms with Crippen molar-refractivity contribution in [2.45, 2.75) is 45.3 Å². The highest BCUT2D eigenvalue weighted by Gasteiger charge is 2.19. The number of aromatic nitrogens is 3. The number of guanidine groups is 1. The van der Waals surface area contributed by atoms with E-state index in [1.54, 1.807) is 13.4 Å². The minimum atomic E-state index is -0.180. The van der Waals surface area contributed by atoms with Gasteiger partial charge in [0.1, 0.15) is 12.2 Å². The van der Waals surface area contributed by atoms with E-state index in [-0.39, 0.29) is 30.1 Å². The predicted molar refractivity (Wildman–Crippen MR) is 108 cm³/mol. The first kappa shape index (κ1) is 22.1. The molecule has 0 radical (unpaired) electrons. The number of rotatable bonds is 8. The lowest BCUT2D eigenvalue weighted by atomic mass is 10.1. The van der Waals surface area contributed by atoms with Gasteiger partial charge in [-0.1, -0.05) is 6.92 Å². The van der Waals surface area contributed by atoms with Gasteiger partial charge in [0.25, 0.3) is 0 Å². The highest BCUT2D eigenvalue weighted by atomic mass is 127. The molecular weight excluding hydrogens is 435 g/mol. The van der Waals surface area contributed by atoms with Crippen molar-refractivity contribution >= 4 is 29.9 Å². The first-order valence-corrected chi connectivity index (χ1v) is 8.81. The van der Waals surface area contributed by atoms with Gasteiger partial charge in [-0.25, -0.2) is 0 Å². The van der Waals surface area contributed by atoms with Gasteiger partial charge in [-0.15, -0.1) is 34.2 Å². The highest BCUT2D eigenvalue weighted by molar-refractivity contribution is 14.0. The summed E-state index contributed by atoms with van der Waals surface area (Å²) in [6, 6.07) is 0. The Labute approximate surface area is 167 Å². The van der Waals surface area contributed by atoms with Gasteiger partial charge in [0, 0.05) is 52.9 Å². The molecule has 25 heavy (non-hydrogen) atoms. The fourth-order valence-corrected chi connectivity index (χ4v) is 2.77. The zero-order valence-corrected chi connectivity index (χ0v) is 17.6. The number of aliphatic hydroxyl groups excluding tert-OH is 1. The van der Waals surface area contributed by atoms with E-state index >= 15 is 0 Å². The second kappa shape index (κ2) is 12.4. The molecular formula is C16H31IN6O2. The molecule has 0 saturated carbocycles. The summed E-state index contributed by atoms with van der Waals surface area (Å²) in [6.07, 6.45) is 4.97. The molecule has 2 rings (SSSR count). The molecule has 0 unspecified atom stereocenters. The Morgan fingerprint density at radius 3 is 2.88 bits per heavy atom. The van der Waals surface area contributed by atoms with E-state index in [2.05, 4.69) is 31.9 Å². The van der Waals surface area contributed by atoms with E-state index < -0.39 is 0 Å². The average Bonchev–Trinajstić information content (AvgIpc) is 3.05. The van der Waals surface area contributed by atoms with Crippen molar-refractivity contribution in [3.63, 3.8) is 0 Å². The van der Waals surface area contributed by atoms with Crippen molar-refractivity contribution in [1.82, 2.24) is 25.0 Å². The molecule has 9 heteroatoms. The molecule has 2 heterocycles. The number of hydrogen-bond donors (Lipinski definition) is 2. The van der Waals surface area contributed by atoms with E-state index in [0.717, 1.165) is 76.8 Å². The van der Waals surface area contributed by atoms with Crippen LogP contribution < -0.4 is 5.32 Å². The van der Waals surface area contributed by atoms with Crippen LogP contribution in [0.2, 0.25) is 0 Å². The number of methoxy groups -OCH3 is 1. The summed E-state index contributed by atoms with van der Waals surface area (Å²) < 4.78 is 7.15. The molecule has 2 N–H and O–H groups in total. The van der Waals surface area contributed by atoms with Crippen LogP contribution in [-0.2, 0) is 17.7 Å². The number of aliphatic hydroxyl groups is 1. The molecule has 144 valence electrons. The van der Waals surface area contributed by atoms with E-state index in [4.69, 9.17) is 9.73 Å². The summed E-state index contributed by atoms with van der Waals surface area (Å²) in [5.74, 6) is 1.92. The van der Waals surface area contributed by atoms with Crippen LogP contribution in [-0.4, -0.2) is 76.7 Å². The van der Waals surface area contributed by atoms with Crippen molar-refractivity contribution in [3.05, 3.63) is 12.2 Å². The molecule has 0 spiro atoms. The maximum atomic E-state index is 9.69. The number of ether oxygens (including phenoxy) is 1. The number of likely N-dealkylation sites (tertiary alicyclic amines) is 1. The van der Waals surface area contributed by atoms with Crippen LogP contribution in [0.15, 0.2) is 11.3 Å². The molecule has 1 aromatic heterocycles. The lowest BCUT2D eigenvalue weighted by molar-refractivity contribution is 0.108. The Morgan fingerprint density at radius 2 is 2.20 bits per heavy atom. The number of halogens is 1. The van der Waals surface area contributed by atoms with Gasteiger partial charge in [-0.3, -0.25) is 4.99 Å². The van der Waals surface area contributed by atoms with E-state index in [9.17, 15) is 5.11 Å². The molecule has 0 aromatic carbocycles. The number of hydrogen-bond acceptors (Lipinski definition) is 5. The lowest BCUT2D eigenvalue weighted by Gasteiger charge is -2.32. The van der Waals surface area contributed by atoms with Gasteiger partial charge >= 0.3 is 0 Å². The Morgan fingerprint density at radius 1 is 1.44 bits per heavy atom. The van der Waals surface area contributed by atoms with E-state index in [1.165, 1.54) is 0 Å². The predicted octanol–water partition coefficient (Wildman–Crippen LogP) is 0.897. The van der Waals surface area contributed by atoms with E-state index in [0.29, 0.717) is 0 Å². The number of piperidine rings is 1. The third-order valence-corrected chi connectivity index (χ3v) is 4.18.